The minimum Gasteiger partial charge on any atom is -0.327 e. The summed E-state index contributed by atoms with van der Waals surface area (Å²) in [7, 11) is 0. The predicted molar refractivity (Wildman–Crippen MR) is 83.6 cm³/mol. The summed E-state index contributed by atoms with van der Waals surface area (Å²) < 4.78 is 0. The van der Waals surface area contributed by atoms with E-state index in [0.717, 1.165) is 29.5 Å². The molecule has 1 nitrogen and oxygen atoms in total. The summed E-state index contributed by atoms with van der Waals surface area (Å²) in [5, 5.41) is 0.815. The van der Waals surface area contributed by atoms with Crippen molar-refractivity contribution in [3.05, 3.63) is 28.8 Å². The second-order valence-electron chi connectivity index (χ2n) is 4.95. The van der Waals surface area contributed by atoms with Crippen LogP contribution in [0.15, 0.2) is 23.1 Å². The van der Waals surface area contributed by atoms with Gasteiger partial charge in [-0.15, -0.1) is 11.8 Å². The molecular weight excluding hydrogens is 262 g/mol. The van der Waals surface area contributed by atoms with Crippen LogP contribution in [0, 0.1) is 5.92 Å². The third kappa shape index (κ3) is 5.21. The van der Waals surface area contributed by atoms with E-state index in [0.29, 0.717) is 0 Å². The molecule has 0 aliphatic rings. The third-order valence-corrected chi connectivity index (χ3v) is 4.92. The highest BCUT2D eigenvalue weighted by Gasteiger charge is 2.09. The van der Waals surface area contributed by atoms with Crippen LogP contribution >= 0.6 is 23.4 Å². The SMILES string of the molecule is CCC(C)CSc1cc(Cl)ccc1CC(N)CC. The summed E-state index contributed by atoms with van der Waals surface area (Å²) in [5.74, 6) is 1.88. The Kier molecular flexibility index (Phi) is 7.13. The Hall–Kier alpha value is -0.180. The second kappa shape index (κ2) is 8.08. The molecule has 0 saturated carbocycles. The first kappa shape index (κ1) is 15.9. The van der Waals surface area contributed by atoms with Gasteiger partial charge in [0.25, 0.3) is 0 Å². The topological polar surface area (TPSA) is 26.0 Å². The van der Waals surface area contributed by atoms with Gasteiger partial charge < -0.3 is 5.73 Å². The van der Waals surface area contributed by atoms with Crippen LogP contribution in [0.5, 0.6) is 0 Å². The van der Waals surface area contributed by atoms with Crippen LogP contribution in [0.3, 0.4) is 0 Å². The molecule has 2 unspecified atom stereocenters. The molecule has 102 valence electrons. The Balaban J connectivity index is 2.76. The Morgan fingerprint density at radius 2 is 2.00 bits per heavy atom. The summed E-state index contributed by atoms with van der Waals surface area (Å²) in [6.07, 6.45) is 3.17. The minimum atomic E-state index is 0.245. The molecule has 0 heterocycles. The molecule has 0 aliphatic heterocycles. The Bertz CT molecular complexity index is 368. The van der Waals surface area contributed by atoms with Crippen molar-refractivity contribution < 1.29 is 0 Å². The third-order valence-electron chi connectivity index (χ3n) is 3.26. The molecule has 2 N–H and O–H groups in total. The van der Waals surface area contributed by atoms with Crippen molar-refractivity contribution in [1.82, 2.24) is 0 Å². The summed E-state index contributed by atoms with van der Waals surface area (Å²) in [4.78, 5) is 1.30. The smallest absolute Gasteiger partial charge is 0.0417 e. The van der Waals surface area contributed by atoms with E-state index in [1.54, 1.807) is 0 Å². The van der Waals surface area contributed by atoms with E-state index in [4.69, 9.17) is 17.3 Å². The number of hydrogen-bond acceptors (Lipinski definition) is 2. The van der Waals surface area contributed by atoms with Crippen molar-refractivity contribution in [3.8, 4) is 0 Å². The summed E-state index contributed by atoms with van der Waals surface area (Å²) in [6, 6.07) is 6.41. The minimum absolute atomic E-state index is 0.245. The summed E-state index contributed by atoms with van der Waals surface area (Å²) in [6.45, 7) is 6.65. The highest BCUT2D eigenvalue weighted by Crippen LogP contribution is 2.29. The Morgan fingerprint density at radius 1 is 1.28 bits per heavy atom. The fraction of sp³-hybridized carbons (Fsp3) is 0.600. The van der Waals surface area contributed by atoms with Gasteiger partial charge in [-0.05, 0) is 36.5 Å². The van der Waals surface area contributed by atoms with Gasteiger partial charge in [-0.1, -0.05) is 44.9 Å². The van der Waals surface area contributed by atoms with Gasteiger partial charge in [0.05, 0.1) is 0 Å². The van der Waals surface area contributed by atoms with Crippen molar-refractivity contribution in [1.29, 1.82) is 0 Å². The molecule has 0 amide bonds. The second-order valence-corrected chi connectivity index (χ2v) is 6.45. The van der Waals surface area contributed by atoms with Gasteiger partial charge in [-0.25, -0.2) is 0 Å². The summed E-state index contributed by atoms with van der Waals surface area (Å²) in [5.41, 5.74) is 7.39. The molecule has 18 heavy (non-hydrogen) atoms. The number of rotatable bonds is 7. The van der Waals surface area contributed by atoms with Crippen molar-refractivity contribution >= 4 is 23.4 Å². The molecule has 1 rings (SSSR count). The van der Waals surface area contributed by atoms with E-state index in [9.17, 15) is 0 Å². The monoisotopic (exact) mass is 285 g/mol. The normalized spacial score (nSPS) is 14.5. The predicted octanol–water partition coefficient (Wildman–Crippen LogP) is 4.76. The number of halogens is 1. The molecule has 0 saturated heterocycles. The van der Waals surface area contributed by atoms with Crippen LogP contribution in [-0.4, -0.2) is 11.8 Å². The van der Waals surface area contributed by atoms with E-state index < -0.39 is 0 Å². The lowest BCUT2D eigenvalue weighted by atomic mass is 10.1. The van der Waals surface area contributed by atoms with Crippen LogP contribution in [0.1, 0.15) is 39.2 Å². The fourth-order valence-electron chi connectivity index (χ4n) is 1.61. The zero-order chi connectivity index (χ0) is 13.5. The van der Waals surface area contributed by atoms with E-state index in [2.05, 4.69) is 32.9 Å². The molecule has 2 atom stereocenters. The maximum Gasteiger partial charge on any atom is 0.0417 e. The average molecular weight is 286 g/mol. The number of nitrogens with two attached hydrogens (primary N) is 1. The molecule has 1 aromatic rings. The molecule has 0 aromatic heterocycles. The van der Waals surface area contributed by atoms with Crippen molar-refractivity contribution in [2.45, 2.75) is 51.0 Å². The maximum atomic E-state index is 6.09. The van der Waals surface area contributed by atoms with Crippen LogP contribution in [0.2, 0.25) is 5.02 Å². The first-order chi connectivity index (χ1) is 8.56. The van der Waals surface area contributed by atoms with Gasteiger partial charge in [-0.3, -0.25) is 0 Å². The van der Waals surface area contributed by atoms with Crippen LogP contribution in [-0.2, 0) is 6.42 Å². The van der Waals surface area contributed by atoms with Gasteiger partial charge in [0.1, 0.15) is 0 Å². The number of benzene rings is 1. The highest BCUT2D eigenvalue weighted by molar-refractivity contribution is 7.99. The van der Waals surface area contributed by atoms with Gasteiger partial charge in [-0.2, -0.15) is 0 Å². The summed E-state index contributed by atoms with van der Waals surface area (Å²) >= 11 is 8.00. The largest absolute Gasteiger partial charge is 0.327 e. The molecular formula is C15H24ClNS. The zero-order valence-electron chi connectivity index (χ0n) is 11.6. The Morgan fingerprint density at radius 3 is 2.61 bits per heavy atom. The number of hydrogen-bond donors (Lipinski definition) is 1. The fourth-order valence-corrected chi connectivity index (χ4v) is 3.09. The molecule has 3 heteroatoms. The maximum absolute atomic E-state index is 6.09. The zero-order valence-corrected chi connectivity index (χ0v) is 13.2. The van der Waals surface area contributed by atoms with E-state index in [1.165, 1.54) is 16.9 Å². The van der Waals surface area contributed by atoms with E-state index >= 15 is 0 Å². The van der Waals surface area contributed by atoms with Gasteiger partial charge in [0.15, 0.2) is 0 Å². The lowest BCUT2D eigenvalue weighted by molar-refractivity contribution is 0.634. The standard InChI is InChI=1S/C15H24ClNS/c1-4-11(3)10-18-15-9-13(16)7-6-12(15)8-14(17)5-2/h6-7,9,11,14H,4-5,8,10,17H2,1-3H3. The lowest BCUT2D eigenvalue weighted by Gasteiger charge is -2.15. The first-order valence-electron chi connectivity index (χ1n) is 6.73. The average Bonchev–Trinajstić information content (AvgIpc) is 2.38. The van der Waals surface area contributed by atoms with Crippen LogP contribution in [0.4, 0.5) is 0 Å². The van der Waals surface area contributed by atoms with Crippen molar-refractivity contribution in [3.63, 3.8) is 0 Å². The van der Waals surface area contributed by atoms with E-state index in [-0.39, 0.29) is 6.04 Å². The molecule has 0 bridgehead atoms. The Labute approximate surface area is 120 Å². The lowest BCUT2D eigenvalue weighted by Crippen LogP contribution is -2.21. The van der Waals surface area contributed by atoms with Crippen molar-refractivity contribution in [2.75, 3.05) is 5.75 Å². The van der Waals surface area contributed by atoms with Gasteiger partial charge in [0.2, 0.25) is 0 Å². The van der Waals surface area contributed by atoms with Crippen molar-refractivity contribution in [2.24, 2.45) is 11.7 Å². The van der Waals surface area contributed by atoms with Crippen LogP contribution < -0.4 is 5.73 Å². The van der Waals surface area contributed by atoms with E-state index in [1.807, 2.05) is 17.8 Å². The molecule has 0 fully saturated rings. The van der Waals surface area contributed by atoms with Gasteiger partial charge >= 0.3 is 0 Å². The molecule has 1 aromatic carbocycles. The first-order valence-corrected chi connectivity index (χ1v) is 8.09. The number of thioether (sulfide) groups is 1. The van der Waals surface area contributed by atoms with Gasteiger partial charge in [0, 0.05) is 21.7 Å². The molecule has 0 aliphatic carbocycles. The highest BCUT2D eigenvalue weighted by atomic mass is 35.5. The van der Waals surface area contributed by atoms with Crippen LogP contribution in [0.25, 0.3) is 0 Å². The molecule has 0 radical (unpaired) electrons. The molecule has 0 spiro atoms. The quantitative estimate of drug-likeness (QED) is 0.731.